The standard InChI is InChI=1S/C13H22N2.V.H2/c1-4-6-7-8-12-10-9-11(5-2)13(14-3)15-12;;/h9-10H,4-8H2,1-3H3,(H,14,15);;1H. The number of nitrogens with zero attached hydrogens (tertiary/aromatic N) is 1. The van der Waals surface area contributed by atoms with Gasteiger partial charge in [-0.05, 0) is 30.9 Å². The molecule has 1 radical (unpaired) electrons. The van der Waals surface area contributed by atoms with Crippen molar-refractivity contribution in [1.29, 1.82) is 0 Å². The monoisotopic (exact) mass is 259 g/mol. The summed E-state index contributed by atoms with van der Waals surface area (Å²) in [5, 5.41) is 3.17. The first-order chi connectivity index (χ1) is 7.31. The second kappa shape index (κ2) is 8.66. The summed E-state index contributed by atoms with van der Waals surface area (Å²) in [6.07, 6.45) is 5.96. The van der Waals surface area contributed by atoms with Gasteiger partial charge in [0.05, 0.1) is 0 Å². The van der Waals surface area contributed by atoms with Crippen molar-refractivity contribution in [3.05, 3.63) is 23.4 Å². The van der Waals surface area contributed by atoms with E-state index in [2.05, 4.69) is 36.3 Å². The van der Waals surface area contributed by atoms with Crippen LogP contribution in [0.3, 0.4) is 0 Å². The van der Waals surface area contributed by atoms with Gasteiger partial charge in [-0.3, -0.25) is 0 Å². The second-order valence-corrected chi connectivity index (χ2v) is 3.87. The van der Waals surface area contributed by atoms with E-state index >= 15 is 0 Å². The fourth-order valence-electron chi connectivity index (χ4n) is 1.73. The van der Waals surface area contributed by atoms with E-state index in [4.69, 9.17) is 0 Å². The van der Waals surface area contributed by atoms with E-state index in [0.717, 1.165) is 18.7 Å². The van der Waals surface area contributed by atoms with E-state index in [-0.39, 0.29) is 20.0 Å². The molecule has 0 unspecified atom stereocenters. The molecule has 91 valence electrons. The predicted molar refractivity (Wildman–Crippen MR) is 68.5 cm³/mol. The van der Waals surface area contributed by atoms with Gasteiger partial charge in [-0.1, -0.05) is 32.8 Å². The number of aromatic nitrogens is 1. The van der Waals surface area contributed by atoms with Crippen LogP contribution in [0.5, 0.6) is 0 Å². The molecule has 0 atom stereocenters. The molecule has 1 N–H and O–H groups in total. The molecule has 2 nitrogen and oxygen atoms in total. The van der Waals surface area contributed by atoms with Crippen molar-refractivity contribution in [3.8, 4) is 0 Å². The summed E-state index contributed by atoms with van der Waals surface area (Å²) in [5.41, 5.74) is 2.52. The maximum atomic E-state index is 4.62. The van der Waals surface area contributed by atoms with Crippen molar-refractivity contribution in [3.63, 3.8) is 0 Å². The maximum absolute atomic E-state index is 4.62. The third kappa shape index (κ3) is 4.59. The summed E-state index contributed by atoms with van der Waals surface area (Å²) in [5.74, 6) is 1.05. The fourth-order valence-corrected chi connectivity index (χ4v) is 1.73. The molecule has 0 fully saturated rings. The zero-order valence-electron chi connectivity index (χ0n) is 10.6. The zero-order valence-corrected chi connectivity index (χ0v) is 12.0. The molecule has 0 aliphatic rings. The number of nitrogens with one attached hydrogen (secondary N) is 1. The number of hydrogen-bond acceptors (Lipinski definition) is 2. The summed E-state index contributed by atoms with van der Waals surface area (Å²) in [4.78, 5) is 4.62. The average Bonchev–Trinajstić information content (AvgIpc) is 2.29. The topological polar surface area (TPSA) is 24.9 Å². The molecule has 1 aromatic rings. The zero-order chi connectivity index (χ0) is 11.1. The molecule has 1 heterocycles. The van der Waals surface area contributed by atoms with Crippen LogP contribution in [0.25, 0.3) is 0 Å². The normalized spacial score (nSPS) is 9.69. The molecular formula is C13H24N2V. The first-order valence-corrected chi connectivity index (χ1v) is 5.98. The third-order valence-electron chi connectivity index (χ3n) is 2.69. The van der Waals surface area contributed by atoms with Crippen LogP contribution in [-0.4, -0.2) is 12.0 Å². The van der Waals surface area contributed by atoms with Crippen molar-refractivity contribution < 1.29 is 20.0 Å². The van der Waals surface area contributed by atoms with E-state index in [1.807, 2.05) is 7.05 Å². The Morgan fingerprint density at radius 1 is 1.25 bits per heavy atom. The summed E-state index contributed by atoms with van der Waals surface area (Å²) in [6, 6.07) is 4.36. The van der Waals surface area contributed by atoms with Gasteiger partial charge in [0.15, 0.2) is 0 Å². The molecular weight excluding hydrogens is 235 g/mol. The Kier molecular flexibility index (Phi) is 8.41. The van der Waals surface area contributed by atoms with Crippen LogP contribution in [0.4, 0.5) is 5.82 Å². The van der Waals surface area contributed by atoms with Crippen LogP contribution >= 0.6 is 0 Å². The summed E-state index contributed by atoms with van der Waals surface area (Å²) < 4.78 is 0. The minimum absolute atomic E-state index is 0. The van der Waals surface area contributed by atoms with Crippen LogP contribution in [0, 0.1) is 0 Å². The first-order valence-electron chi connectivity index (χ1n) is 5.98. The molecule has 1 rings (SSSR count). The Balaban J connectivity index is 0. The molecule has 0 spiro atoms. The van der Waals surface area contributed by atoms with Gasteiger partial charge in [0.1, 0.15) is 5.82 Å². The molecule has 0 aromatic carbocycles. The Labute approximate surface area is 113 Å². The van der Waals surface area contributed by atoms with Gasteiger partial charge < -0.3 is 5.32 Å². The van der Waals surface area contributed by atoms with Gasteiger partial charge in [0.25, 0.3) is 0 Å². The van der Waals surface area contributed by atoms with Gasteiger partial charge in [0, 0.05) is 32.7 Å². The van der Waals surface area contributed by atoms with Crippen molar-refractivity contribution in [1.82, 2.24) is 4.98 Å². The van der Waals surface area contributed by atoms with Crippen molar-refractivity contribution in [2.75, 3.05) is 12.4 Å². The van der Waals surface area contributed by atoms with E-state index in [9.17, 15) is 0 Å². The summed E-state index contributed by atoms with van der Waals surface area (Å²) >= 11 is 0. The number of unbranched alkanes of at least 4 members (excludes halogenated alkanes) is 2. The Hall–Kier alpha value is -0.466. The molecule has 0 aliphatic carbocycles. The van der Waals surface area contributed by atoms with Crippen molar-refractivity contribution in [2.24, 2.45) is 0 Å². The Morgan fingerprint density at radius 3 is 2.56 bits per heavy atom. The van der Waals surface area contributed by atoms with Crippen molar-refractivity contribution in [2.45, 2.75) is 46.0 Å². The molecule has 0 bridgehead atoms. The quantitative estimate of drug-likeness (QED) is 0.788. The van der Waals surface area contributed by atoms with Crippen LogP contribution in [-0.2, 0) is 31.4 Å². The first kappa shape index (κ1) is 15.5. The Bertz CT molecular complexity index is 305. The SMILES string of the molecule is CCCCCc1ccc(CC)c(NC)n1.[HH].[V]. The van der Waals surface area contributed by atoms with E-state index < -0.39 is 0 Å². The van der Waals surface area contributed by atoms with Crippen molar-refractivity contribution >= 4 is 5.82 Å². The van der Waals surface area contributed by atoms with Gasteiger partial charge in [0.2, 0.25) is 0 Å². The number of rotatable bonds is 6. The summed E-state index contributed by atoms with van der Waals surface area (Å²) in [6.45, 7) is 4.39. The van der Waals surface area contributed by atoms with E-state index in [1.54, 1.807) is 0 Å². The van der Waals surface area contributed by atoms with Gasteiger partial charge in [-0.25, -0.2) is 4.98 Å². The summed E-state index contributed by atoms with van der Waals surface area (Å²) in [7, 11) is 1.94. The smallest absolute Gasteiger partial charge is 0.129 e. The van der Waals surface area contributed by atoms with Crippen LogP contribution in [0.15, 0.2) is 12.1 Å². The molecule has 0 saturated heterocycles. The van der Waals surface area contributed by atoms with Crippen LogP contribution in [0.1, 0.15) is 45.8 Å². The third-order valence-corrected chi connectivity index (χ3v) is 2.69. The number of hydrogen-bond donors (Lipinski definition) is 1. The van der Waals surface area contributed by atoms with Gasteiger partial charge in [-0.2, -0.15) is 0 Å². The van der Waals surface area contributed by atoms with E-state index in [0.29, 0.717) is 0 Å². The number of pyridine rings is 1. The van der Waals surface area contributed by atoms with Crippen LogP contribution < -0.4 is 5.32 Å². The molecule has 0 saturated carbocycles. The largest absolute Gasteiger partial charge is 0.373 e. The van der Waals surface area contributed by atoms with Crippen LogP contribution in [0.2, 0.25) is 0 Å². The predicted octanol–water partition coefficient (Wildman–Crippen LogP) is 3.66. The molecule has 3 heteroatoms. The molecule has 0 amide bonds. The Morgan fingerprint density at radius 2 is 2.00 bits per heavy atom. The van der Waals surface area contributed by atoms with Gasteiger partial charge in [-0.15, -0.1) is 0 Å². The maximum Gasteiger partial charge on any atom is 0.129 e. The fraction of sp³-hybridized carbons (Fsp3) is 0.615. The average molecular weight is 259 g/mol. The minimum Gasteiger partial charge on any atom is -0.373 e. The number of anilines is 1. The minimum atomic E-state index is 0. The molecule has 0 aliphatic heterocycles. The second-order valence-electron chi connectivity index (χ2n) is 3.87. The molecule has 1 aromatic heterocycles. The molecule has 16 heavy (non-hydrogen) atoms. The van der Waals surface area contributed by atoms with Gasteiger partial charge >= 0.3 is 0 Å². The van der Waals surface area contributed by atoms with E-state index in [1.165, 1.54) is 30.5 Å². The number of aryl methyl sites for hydroxylation is 2.